The van der Waals surface area contributed by atoms with Gasteiger partial charge in [0.05, 0.1) is 0 Å². The Balaban J connectivity index is 1.31. The molecule has 0 bridgehead atoms. The van der Waals surface area contributed by atoms with Gasteiger partial charge >= 0.3 is 6.03 Å². The van der Waals surface area contributed by atoms with E-state index >= 15 is 0 Å². The summed E-state index contributed by atoms with van der Waals surface area (Å²) in [7, 11) is 0. The molecule has 162 valence electrons. The highest BCUT2D eigenvalue weighted by Gasteiger charge is 2.25. The molecule has 32 heavy (non-hydrogen) atoms. The molecule has 4 aromatic rings. The van der Waals surface area contributed by atoms with E-state index in [0.717, 1.165) is 38.5 Å². The van der Waals surface area contributed by atoms with Crippen molar-refractivity contribution < 1.29 is 4.79 Å². The number of rotatable bonds is 3. The molecule has 1 aliphatic rings. The molecule has 1 aliphatic heterocycles. The van der Waals surface area contributed by atoms with Gasteiger partial charge in [-0.25, -0.2) is 14.8 Å². The van der Waals surface area contributed by atoms with E-state index in [-0.39, 0.29) is 6.03 Å². The van der Waals surface area contributed by atoms with Crippen molar-refractivity contribution >= 4 is 50.9 Å². The Morgan fingerprint density at radius 1 is 1.06 bits per heavy atom. The first-order valence-corrected chi connectivity index (χ1v) is 11.5. The Bertz CT molecular complexity index is 1270. The van der Waals surface area contributed by atoms with Crippen molar-refractivity contribution in [1.82, 2.24) is 19.2 Å². The second-order valence-corrected chi connectivity index (χ2v) is 8.90. The quantitative estimate of drug-likeness (QED) is 0.458. The minimum Gasteiger partial charge on any atom is -0.352 e. The minimum atomic E-state index is -0.0779. The van der Waals surface area contributed by atoms with Crippen LogP contribution in [0.1, 0.15) is 5.56 Å². The highest BCUT2D eigenvalue weighted by atomic mass is 35.5. The van der Waals surface area contributed by atoms with Crippen LogP contribution in [0, 0.1) is 6.92 Å². The van der Waals surface area contributed by atoms with Crippen LogP contribution >= 0.6 is 23.1 Å². The summed E-state index contributed by atoms with van der Waals surface area (Å²) in [5, 5.41) is 3.68. The molecule has 0 radical (unpaired) electrons. The number of urea groups is 1. The third kappa shape index (κ3) is 4.11. The lowest BCUT2D eigenvalue weighted by molar-refractivity contribution is 0.208. The number of benzene rings is 2. The smallest absolute Gasteiger partial charge is 0.321 e. The lowest BCUT2D eigenvalue weighted by Crippen LogP contribution is -2.50. The van der Waals surface area contributed by atoms with E-state index < -0.39 is 0 Å². The number of aryl methyl sites for hydroxylation is 1. The van der Waals surface area contributed by atoms with E-state index in [9.17, 15) is 4.79 Å². The van der Waals surface area contributed by atoms with E-state index in [1.165, 1.54) is 11.5 Å². The van der Waals surface area contributed by atoms with E-state index in [2.05, 4.69) is 24.6 Å². The van der Waals surface area contributed by atoms with Gasteiger partial charge in [-0.1, -0.05) is 35.9 Å². The molecule has 0 saturated carbocycles. The highest BCUT2D eigenvalue weighted by Crippen LogP contribution is 2.34. The van der Waals surface area contributed by atoms with Gasteiger partial charge in [0.2, 0.25) is 0 Å². The zero-order chi connectivity index (χ0) is 22.1. The first-order valence-electron chi connectivity index (χ1n) is 10.3. The fourth-order valence-corrected chi connectivity index (χ4v) is 4.82. The Morgan fingerprint density at radius 2 is 1.84 bits per heavy atom. The number of aromatic nitrogens is 3. The van der Waals surface area contributed by atoms with Gasteiger partial charge in [-0.3, -0.25) is 0 Å². The van der Waals surface area contributed by atoms with E-state index in [4.69, 9.17) is 11.6 Å². The van der Waals surface area contributed by atoms with Crippen LogP contribution in [0.2, 0.25) is 5.02 Å². The fraction of sp³-hybridized carbons (Fsp3) is 0.217. The number of hydrogen-bond donors (Lipinski definition) is 1. The second kappa shape index (κ2) is 8.72. The Morgan fingerprint density at radius 3 is 2.59 bits per heavy atom. The number of halogens is 1. The summed E-state index contributed by atoms with van der Waals surface area (Å²) in [6.07, 6.45) is 1.59. The Kier molecular flexibility index (Phi) is 5.63. The molecular formula is C23H21ClN6OS. The number of nitrogens with one attached hydrogen (secondary N) is 1. The molecule has 2 amide bonds. The predicted octanol–water partition coefficient (Wildman–Crippen LogP) is 5.07. The van der Waals surface area contributed by atoms with Crippen molar-refractivity contribution in [2.45, 2.75) is 6.92 Å². The van der Waals surface area contributed by atoms with Crippen molar-refractivity contribution in [3.05, 3.63) is 65.4 Å². The first-order chi connectivity index (χ1) is 15.6. The van der Waals surface area contributed by atoms with Crippen LogP contribution in [0.25, 0.3) is 21.5 Å². The van der Waals surface area contributed by atoms with Crippen molar-refractivity contribution in [2.75, 3.05) is 36.4 Å². The van der Waals surface area contributed by atoms with Gasteiger partial charge in [0, 0.05) is 42.5 Å². The lowest BCUT2D eigenvalue weighted by atomic mass is 10.1. The Hall–Kier alpha value is -3.23. The number of hydrogen-bond acceptors (Lipinski definition) is 6. The lowest BCUT2D eigenvalue weighted by Gasteiger charge is -2.35. The summed E-state index contributed by atoms with van der Waals surface area (Å²) < 4.78 is 5.60. The van der Waals surface area contributed by atoms with Crippen LogP contribution in [0.5, 0.6) is 0 Å². The zero-order valence-corrected chi connectivity index (χ0v) is 19.0. The maximum Gasteiger partial charge on any atom is 0.321 e. The van der Waals surface area contributed by atoms with Crippen LogP contribution in [0.4, 0.5) is 16.3 Å². The molecule has 1 N–H and O–H groups in total. The number of fused-ring (bicyclic) bond motifs is 1. The predicted molar refractivity (Wildman–Crippen MR) is 130 cm³/mol. The van der Waals surface area contributed by atoms with Crippen LogP contribution < -0.4 is 10.2 Å². The maximum absolute atomic E-state index is 12.7. The number of carbonyl (C=O) groups is 1. The molecule has 5 rings (SSSR count). The summed E-state index contributed by atoms with van der Waals surface area (Å²) in [6.45, 7) is 4.63. The summed E-state index contributed by atoms with van der Waals surface area (Å²) in [5.41, 5.74) is 4.57. The fourth-order valence-electron chi connectivity index (χ4n) is 3.82. The van der Waals surface area contributed by atoms with Crippen molar-refractivity contribution in [2.24, 2.45) is 0 Å². The normalized spacial score (nSPS) is 14.1. The van der Waals surface area contributed by atoms with Crippen LogP contribution in [0.15, 0.2) is 54.9 Å². The van der Waals surface area contributed by atoms with Gasteiger partial charge in [0.25, 0.3) is 0 Å². The highest BCUT2D eigenvalue weighted by molar-refractivity contribution is 7.14. The van der Waals surface area contributed by atoms with Gasteiger partial charge in [-0.05, 0) is 48.3 Å². The van der Waals surface area contributed by atoms with Crippen LogP contribution in [-0.4, -0.2) is 51.5 Å². The van der Waals surface area contributed by atoms with Gasteiger partial charge in [0.1, 0.15) is 22.2 Å². The van der Waals surface area contributed by atoms with Gasteiger partial charge < -0.3 is 15.1 Å². The average Bonchev–Trinajstić information content (AvgIpc) is 3.24. The van der Waals surface area contributed by atoms with Gasteiger partial charge in [0.15, 0.2) is 5.82 Å². The average molecular weight is 465 g/mol. The van der Waals surface area contributed by atoms with Crippen molar-refractivity contribution in [3.8, 4) is 11.3 Å². The number of carbonyl (C=O) groups excluding carboxylic acids is 1. The number of nitrogens with zero attached hydrogens (tertiary/aromatic N) is 5. The molecule has 3 heterocycles. The van der Waals surface area contributed by atoms with Crippen molar-refractivity contribution in [3.63, 3.8) is 0 Å². The molecule has 0 unspecified atom stereocenters. The molecular weight excluding hydrogens is 444 g/mol. The second-order valence-electron chi connectivity index (χ2n) is 7.69. The van der Waals surface area contributed by atoms with Crippen LogP contribution in [-0.2, 0) is 0 Å². The largest absolute Gasteiger partial charge is 0.352 e. The summed E-state index contributed by atoms with van der Waals surface area (Å²) >= 11 is 7.42. The molecule has 2 aromatic heterocycles. The van der Waals surface area contributed by atoms with Gasteiger partial charge in [-0.2, -0.15) is 4.37 Å². The summed E-state index contributed by atoms with van der Waals surface area (Å²) in [5.74, 6) is 0.867. The number of amides is 2. The summed E-state index contributed by atoms with van der Waals surface area (Å²) in [6, 6.07) is 15.3. The van der Waals surface area contributed by atoms with E-state index in [1.807, 2.05) is 60.4 Å². The number of piperazine rings is 1. The molecule has 0 atom stereocenters. The van der Waals surface area contributed by atoms with E-state index in [0.29, 0.717) is 31.2 Å². The third-order valence-corrected chi connectivity index (χ3v) is 6.58. The first kappa shape index (κ1) is 20.7. The SMILES string of the molecule is Cc1cccc(NC(=O)N2CCN(c3ncnc4c(-c5ccc(Cl)cc5)nsc34)CC2)c1. The van der Waals surface area contributed by atoms with Crippen molar-refractivity contribution in [1.29, 1.82) is 0 Å². The molecule has 7 nitrogen and oxygen atoms in total. The zero-order valence-electron chi connectivity index (χ0n) is 17.5. The molecule has 0 aliphatic carbocycles. The standard InChI is InChI=1S/C23H21ClN6OS/c1-15-3-2-4-18(13-15)27-23(31)30-11-9-29(10-12-30)22-21-20(25-14-26-22)19(28-32-21)16-5-7-17(24)8-6-16/h2-8,13-14H,9-12H2,1H3,(H,27,31). The van der Waals surface area contributed by atoms with Gasteiger partial charge in [-0.15, -0.1) is 0 Å². The number of anilines is 2. The van der Waals surface area contributed by atoms with E-state index in [1.54, 1.807) is 6.33 Å². The molecule has 0 spiro atoms. The topological polar surface area (TPSA) is 74.2 Å². The molecule has 9 heteroatoms. The summed E-state index contributed by atoms with van der Waals surface area (Å²) in [4.78, 5) is 25.7. The van der Waals surface area contributed by atoms with Crippen LogP contribution in [0.3, 0.4) is 0 Å². The molecule has 1 saturated heterocycles. The molecule has 1 fully saturated rings. The third-order valence-electron chi connectivity index (χ3n) is 5.49. The molecule has 2 aromatic carbocycles. The monoisotopic (exact) mass is 464 g/mol. The maximum atomic E-state index is 12.7. The minimum absolute atomic E-state index is 0.0779. The Labute approximate surface area is 194 Å².